The fraction of sp³-hybridized carbons (Fsp3) is 0.846. The molecule has 8 heteroatoms. The van der Waals surface area contributed by atoms with Crippen molar-refractivity contribution in [2.45, 2.75) is 83.7 Å². The van der Waals surface area contributed by atoms with Gasteiger partial charge in [0.1, 0.15) is 19.3 Å². The summed E-state index contributed by atoms with van der Waals surface area (Å²) in [4.78, 5) is 9.94. The lowest BCUT2D eigenvalue weighted by molar-refractivity contribution is -0.870. The molecule has 0 fully saturated rings. The molecule has 0 aromatic heterocycles. The fourth-order valence-electron chi connectivity index (χ4n) is 3.12. The van der Waals surface area contributed by atoms with Crippen molar-refractivity contribution >= 4 is 7.82 Å². The summed E-state index contributed by atoms with van der Waals surface area (Å²) < 4.78 is 33.8. The van der Waals surface area contributed by atoms with E-state index in [-0.39, 0.29) is 19.8 Å². The molecule has 0 saturated heterocycles. The summed E-state index contributed by atoms with van der Waals surface area (Å²) in [6.07, 6.45) is 21.6. The minimum atomic E-state index is -4.14. The van der Waals surface area contributed by atoms with Gasteiger partial charge in [-0.25, -0.2) is 4.57 Å². The van der Waals surface area contributed by atoms with Gasteiger partial charge in [0.15, 0.2) is 0 Å². The van der Waals surface area contributed by atoms with Crippen molar-refractivity contribution in [2.75, 3.05) is 61.2 Å². The van der Waals surface area contributed by atoms with Crippen molar-refractivity contribution < 1.29 is 32.5 Å². The normalized spacial score (nSPS) is 15.4. The summed E-state index contributed by atoms with van der Waals surface area (Å²) in [5.41, 5.74) is 0. The Labute approximate surface area is 209 Å². The summed E-state index contributed by atoms with van der Waals surface area (Å²) in [6, 6.07) is 0. The number of rotatable bonds is 24. The van der Waals surface area contributed by atoms with Crippen LogP contribution in [0.2, 0.25) is 0 Å². The molecule has 0 radical (unpaired) electrons. The third-order valence-corrected chi connectivity index (χ3v) is 6.24. The number of quaternary nitrogens is 1. The van der Waals surface area contributed by atoms with Gasteiger partial charge in [0.2, 0.25) is 0 Å². The average molecular weight is 507 g/mol. The predicted molar refractivity (Wildman–Crippen MR) is 141 cm³/mol. The van der Waals surface area contributed by atoms with Gasteiger partial charge >= 0.3 is 7.82 Å². The number of ether oxygens (including phenoxy) is 2. The Morgan fingerprint density at radius 1 is 0.824 bits per heavy atom. The highest BCUT2D eigenvalue weighted by molar-refractivity contribution is 7.47. The molecule has 0 aromatic carbocycles. The third-order valence-electron chi connectivity index (χ3n) is 5.16. The second kappa shape index (κ2) is 21.7. The highest BCUT2D eigenvalue weighted by Crippen LogP contribution is 2.44. The number of phosphoric ester groups is 1. The van der Waals surface area contributed by atoms with Crippen LogP contribution in [0.4, 0.5) is 0 Å². The molecule has 0 rings (SSSR count). The molecule has 0 aliphatic carbocycles. The van der Waals surface area contributed by atoms with Crippen molar-refractivity contribution in [3.05, 3.63) is 24.3 Å². The van der Waals surface area contributed by atoms with Crippen LogP contribution in [0.3, 0.4) is 0 Å². The van der Waals surface area contributed by atoms with Crippen molar-refractivity contribution in [1.82, 2.24) is 0 Å². The Hall–Kier alpha value is -0.530. The zero-order valence-corrected chi connectivity index (χ0v) is 23.5. The Bertz CT molecular complexity index is 562. The number of phosphoric acid groups is 1. The van der Waals surface area contributed by atoms with Crippen LogP contribution in [-0.2, 0) is 23.1 Å². The van der Waals surface area contributed by atoms with Crippen molar-refractivity contribution in [2.24, 2.45) is 0 Å². The Morgan fingerprint density at radius 2 is 1.38 bits per heavy atom. The van der Waals surface area contributed by atoms with Gasteiger partial charge in [-0.3, -0.25) is 9.05 Å². The van der Waals surface area contributed by atoms with Crippen LogP contribution in [0, 0.1) is 0 Å². The predicted octanol–water partition coefficient (Wildman–Crippen LogP) is 6.28. The first-order valence-corrected chi connectivity index (χ1v) is 14.5. The van der Waals surface area contributed by atoms with E-state index in [1.54, 1.807) is 0 Å². The van der Waals surface area contributed by atoms with Gasteiger partial charge in [-0.2, -0.15) is 0 Å². The van der Waals surface area contributed by atoms with Gasteiger partial charge in [-0.15, -0.1) is 0 Å². The molecule has 0 amide bonds. The molecule has 0 aliphatic heterocycles. The van der Waals surface area contributed by atoms with E-state index in [9.17, 15) is 9.46 Å². The molecule has 202 valence electrons. The lowest BCUT2D eigenvalue weighted by Crippen LogP contribution is -2.37. The average Bonchev–Trinajstić information content (AvgIpc) is 2.74. The molecule has 0 bridgehead atoms. The largest absolute Gasteiger partial charge is 0.472 e. The van der Waals surface area contributed by atoms with E-state index in [1.165, 1.54) is 52.1 Å². The molecule has 34 heavy (non-hydrogen) atoms. The smallest absolute Gasteiger partial charge is 0.382 e. The monoisotopic (exact) mass is 506 g/mol. The molecule has 1 N–H and O–H groups in total. The highest BCUT2D eigenvalue weighted by Gasteiger charge is 2.27. The summed E-state index contributed by atoms with van der Waals surface area (Å²) >= 11 is 0. The number of methoxy groups -OCH3 is 1. The quantitative estimate of drug-likeness (QED) is 0.0719. The van der Waals surface area contributed by atoms with E-state index in [0.29, 0.717) is 17.6 Å². The number of unbranched alkanes of at least 4 members (excludes halogenated alkanes) is 8. The van der Waals surface area contributed by atoms with E-state index < -0.39 is 13.9 Å². The van der Waals surface area contributed by atoms with Crippen LogP contribution in [0.15, 0.2) is 24.3 Å². The minimum absolute atomic E-state index is 0.142. The third kappa shape index (κ3) is 24.6. The Morgan fingerprint density at radius 3 is 1.91 bits per heavy atom. The molecular formula is C26H53NO6P+. The summed E-state index contributed by atoms with van der Waals surface area (Å²) in [5.74, 6) is 0. The van der Waals surface area contributed by atoms with Gasteiger partial charge in [-0.1, -0.05) is 50.5 Å². The molecule has 0 spiro atoms. The van der Waals surface area contributed by atoms with Gasteiger partial charge in [-0.05, 0) is 51.4 Å². The minimum Gasteiger partial charge on any atom is -0.382 e. The van der Waals surface area contributed by atoms with Gasteiger partial charge in [0.25, 0.3) is 0 Å². The maximum atomic E-state index is 12.2. The standard InChI is InChI=1S/C26H52NO6P/c1-6-7-8-9-10-11-12-13-14-15-16-17-18-19-20-22-31-25-26(24-30-5)33-34(28,29)32-23-21-27(2,3)4/h9-10,15-16,26H,6-8,11-14,17-25H2,1-5H3/p+1/b10-9-,16-15-/t26-/m0/s1. The Kier molecular flexibility index (Phi) is 21.4. The molecule has 0 aromatic rings. The molecular weight excluding hydrogens is 453 g/mol. The molecule has 7 nitrogen and oxygen atoms in total. The van der Waals surface area contributed by atoms with E-state index in [2.05, 4.69) is 31.2 Å². The van der Waals surface area contributed by atoms with Crippen LogP contribution in [0.25, 0.3) is 0 Å². The number of allylic oxidation sites excluding steroid dienone is 4. The summed E-state index contributed by atoms with van der Waals surface area (Å²) in [6.45, 7) is 3.94. The van der Waals surface area contributed by atoms with Crippen LogP contribution >= 0.6 is 7.82 Å². The number of hydrogen-bond donors (Lipinski definition) is 1. The van der Waals surface area contributed by atoms with E-state index in [0.717, 1.165) is 25.7 Å². The van der Waals surface area contributed by atoms with E-state index in [1.807, 2.05) is 21.1 Å². The van der Waals surface area contributed by atoms with Crippen LogP contribution < -0.4 is 0 Å². The highest BCUT2D eigenvalue weighted by atomic mass is 31.2. The fourth-order valence-corrected chi connectivity index (χ4v) is 3.99. The van der Waals surface area contributed by atoms with Crippen LogP contribution in [-0.4, -0.2) is 76.7 Å². The second-order valence-corrected chi connectivity index (χ2v) is 11.2. The first-order valence-electron chi connectivity index (χ1n) is 13.0. The number of likely N-dealkylation sites (N-methyl/N-ethyl adjacent to an activating group) is 1. The van der Waals surface area contributed by atoms with Gasteiger partial charge in [0.05, 0.1) is 34.4 Å². The first kappa shape index (κ1) is 33.5. The maximum absolute atomic E-state index is 12.2. The van der Waals surface area contributed by atoms with Crippen LogP contribution in [0.5, 0.6) is 0 Å². The molecule has 0 saturated carbocycles. The maximum Gasteiger partial charge on any atom is 0.472 e. The summed E-state index contributed by atoms with van der Waals surface area (Å²) in [5, 5.41) is 0. The van der Waals surface area contributed by atoms with E-state index >= 15 is 0 Å². The number of nitrogens with zero attached hydrogens (tertiary/aromatic N) is 1. The lowest BCUT2D eigenvalue weighted by atomic mass is 10.1. The van der Waals surface area contributed by atoms with Crippen LogP contribution in [0.1, 0.15) is 77.6 Å². The van der Waals surface area contributed by atoms with Crippen molar-refractivity contribution in [3.8, 4) is 0 Å². The SMILES string of the molecule is CCCC/C=C\CCCC/C=C\CCCCCOC[C@H](COC)OP(=O)(O)OCC[N+](C)(C)C. The van der Waals surface area contributed by atoms with Gasteiger partial charge < -0.3 is 18.9 Å². The van der Waals surface area contributed by atoms with Crippen molar-refractivity contribution in [3.63, 3.8) is 0 Å². The Balaban J connectivity index is 3.76. The van der Waals surface area contributed by atoms with Gasteiger partial charge in [0, 0.05) is 13.7 Å². The summed E-state index contributed by atoms with van der Waals surface area (Å²) in [7, 11) is 3.35. The molecule has 1 unspecified atom stereocenters. The number of hydrogen-bond acceptors (Lipinski definition) is 5. The van der Waals surface area contributed by atoms with E-state index in [4.69, 9.17) is 18.5 Å². The molecule has 2 atom stereocenters. The topological polar surface area (TPSA) is 74.2 Å². The second-order valence-electron chi connectivity index (χ2n) is 9.79. The molecule has 0 heterocycles. The zero-order chi connectivity index (χ0) is 25.5. The van der Waals surface area contributed by atoms with Crippen molar-refractivity contribution in [1.29, 1.82) is 0 Å². The lowest BCUT2D eigenvalue weighted by Gasteiger charge is -2.25. The first-order chi connectivity index (χ1) is 16.2. The molecule has 0 aliphatic rings. The zero-order valence-electron chi connectivity index (χ0n) is 22.6.